The van der Waals surface area contributed by atoms with Gasteiger partial charge in [-0.2, -0.15) is 0 Å². The lowest BCUT2D eigenvalue weighted by atomic mass is 10.0. The summed E-state index contributed by atoms with van der Waals surface area (Å²) in [6.07, 6.45) is -0.661. The summed E-state index contributed by atoms with van der Waals surface area (Å²) >= 11 is 2.15. The van der Waals surface area contributed by atoms with Gasteiger partial charge in [0, 0.05) is 16.1 Å². The number of aliphatic hydroxyl groups is 1. The van der Waals surface area contributed by atoms with Crippen LogP contribution < -0.4 is 0 Å². The maximum absolute atomic E-state index is 13.5. The first kappa shape index (κ1) is 13.4. The van der Waals surface area contributed by atoms with Crippen molar-refractivity contribution in [3.05, 3.63) is 68.8 Å². The van der Waals surface area contributed by atoms with Gasteiger partial charge in [0.15, 0.2) is 0 Å². The zero-order valence-corrected chi connectivity index (χ0v) is 11.6. The summed E-state index contributed by atoms with van der Waals surface area (Å²) in [5.74, 6) is -1.24. The monoisotopic (exact) mass is 360 g/mol. The van der Waals surface area contributed by atoms with E-state index in [1.54, 1.807) is 6.07 Å². The highest BCUT2D eigenvalue weighted by Crippen LogP contribution is 2.21. The summed E-state index contributed by atoms with van der Waals surface area (Å²) in [4.78, 5) is 0. The van der Waals surface area contributed by atoms with Crippen molar-refractivity contribution in [2.75, 3.05) is 0 Å². The largest absolute Gasteiger partial charge is 0.388 e. The molecule has 2 aromatic carbocycles. The highest BCUT2D eigenvalue weighted by atomic mass is 127. The Morgan fingerprint density at radius 3 is 2.56 bits per heavy atom. The Balaban J connectivity index is 2.18. The van der Waals surface area contributed by atoms with E-state index < -0.39 is 17.7 Å². The Labute approximate surface area is 118 Å². The number of halogens is 3. The van der Waals surface area contributed by atoms with Crippen LogP contribution in [0, 0.1) is 15.2 Å². The normalized spacial score (nSPS) is 12.4. The first-order valence-electron chi connectivity index (χ1n) is 5.44. The van der Waals surface area contributed by atoms with Crippen molar-refractivity contribution in [1.82, 2.24) is 0 Å². The molecule has 1 nitrogen and oxygen atoms in total. The van der Waals surface area contributed by atoms with Crippen LogP contribution in [0.4, 0.5) is 8.78 Å². The highest BCUT2D eigenvalue weighted by Gasteiger charge is 2.12. The van der Waals surface area contributed by atoms with Gasteiger partial charge in [-0.3, -0.25) is 0 Å². The molecule has 18 heavy (non-hydrogen) atoms. The van der Waals surface area contributed by atoms with Gasteiger partial charge in [0.1, 0.15) is 11.6 Å². The van der Waals surface area contributed by atoms with E-state index in [-0.39, 0.29) is 6.42 Å². The van der Waals surface area contributed by atoms with Gasteiger partial charge in [-0.05, 0) is 51.9 Å². The molecule has 0 aliphatic carbocycles. The second kappa shape index (κ2) is 5.75. The maximum Gasteiger partial charge on any atom is 0.129 e. The van der Waals surface area contributed by atoms with Gasteiger partial charge in [0.05, 0.1) is 6.10 Å². The zero-order valence-electron chi connectivity index (χ0n) is 9.41. The van der Waals surface area contributed by atoms with Crippen molar-refractivity contribution in [2.24, 2.45) is 0 Å². The Kier molecular flexibility index (Phi) is 4.29. The molecule has 0 aliphatic heterocycles. The molecular weight excluding hydrogens is 349 g/mol. The summed E-state index contributed by atoms with van der Waals surface area (Å²) in [6, 6.07) is 10.8. The maximum atomic E-state index is 13.5. The molecule has 0 aromatic heterocycles. The molecule has 0 amide bonds. The van der Waals surface area contributed by atoms with E-state index in [1.807, 2.05) is 18.2 Å². The first-order valence-corrected chi connectivity index (χ1v) is 6.51. The van der Waals surface area contributed by atoms with Crippen LogP contribution in [0.25, 0.3) is 0 Å². The topological polar surface area (TPSA) is 20.2 Å². The molecule has 0 fully saturated rings. The molecule has 94 valence electrons. The van der Waals surface area contributed by atoms with Crippen LogP contribution in [0.3, 0.4) is 0 Å². The summed E-state index contributed by atoms with van der Waals surface area (Å²) in [6.45, 7) is 0. The van der Waals surface area contributed by atoms with Gasteiger partial charge in [0.25, 0.3) is 0 Å². The Morgan fingerprint density at radius 1 is 1.11 bits per heavy atom. The Hall–Kier alpha value is -1.01. The molecule has 0 bridgehead atoms. The van der Waals surface area contributed by atoms with Crippen LogP contribution in [-0.4, -0.2) is 5.11 Å². The van der Waals surface area contributed by atoms with E-state index in [1.165, 1.54) is 12.1 Å². The number of aliphatic hydroxyl groups excluding tert-OH is 1. The van der Waals surface area contributed by atoms with Crippen molar-refractivity contribution in [1.29, 1.82) is 0 Å². The number of rotatable bonds is 3. The molecular formula is C14H11F2IO. The van der Waals surface area contributed by atoms with Crippen LogP contribution in [0.15, 0.2) is 42.5 Å². The molecule has 0 aliphatic rings. The van der Waals surface area contributed by atoms with E-state index in [2.05, 4.69) is 22.6 Å². The fraction of sp³-hybridized carbons (Fsp3) is 0.143. The molecule has 1 N–H and O–H groups in total. The summed E-state index contributed by atoms with van der Waals surface area (Å²) in [7, 11) is 0. The van der Waals surface area contributed by atoms with Gasteiger partial charge >= 0.3 is 0 Å². The second-order valence-electron chi connectivity index (χ2n) is 4.01. The quantitative estimate of drug-likeness (QED) is 0.825. The predicted molar refractivity (Wildman–Crippen MR) is 74.2 cm³/mol. The average Bonchev–Trinajstić information content (AvgIpc) is 2.32. The molecule has 0 radical (unpaired) electrons. The third-order valence-electron chi connectivity index (χ3n) is 2.66. The molecule has 0 spiro atoms. The van der Waals surface area contributed by atoms with Gasteiger partial charge in [-0.1, -0.05) is 18.2 Å². The highest BCUT2D eigenvalue weighted by molar-refractivity contribution is 14.1. The standard InChI is InChI=1S/C14H11F2IO/c15-11-5-4-9(13(16)8-11)7-14(18)10-2-1-3-12(17)6-10/h1-6,8,14,18H,7H2. The zero-order chi connectivity index (χ0) is 13.1. The van der Waals surface area contributed by atoms with Gasteiger partial charge in [0.2, 0.25) is 0 Å². The third kappa shape index (κ3) is 3.26. The van der Waals surface area contributed by atoms with Crippen LogP contribution >= 0.6 is 22.6 Å². The van der Waals surface area contributed by atoms with Crippen molar-refractivity contribution < 1.29 is 13.9 Å². The molecule has 4 heteroatoms. The molecule has 0 heterocycles. The van der Waals surface area contributed by atoms with Gasteiger partial charge in [-0.25, -0.2) is 8.78 Å². The minimum absolute atomic E-state index is 0.131. The van der Waals surface area contributed by atoms with Gasteiger partial charge in [-0.15, -0.1) is 0 Å². The predicted octanol–water partition coefficient (Wildman–Crippen LogP) is 3.85. The molecule has 2 aromatic rings. The smallest absolute Gasteiger partial charge is 0.129 e. The molecule has 0 saturated carbocycles. The third-order valence-corrected chi connectivity index (χ3v) is 3.33. The minimum atomic E-state index is -0.792. The summed E-state index contributed by atoms with van der Waals surface area (Å²) in [5.41, 5.74) is 1.04. The number of benzene rings is 2. The number of hydrogen-bond donors (Lipinski definition) is 1. The lowest BCUT2D eigenvalue weighted by Crippen LogP contribution is -2.04. The van der Waals surface area contributed by atoms with Crippen LogP contribution in [0.5, 0.6) is 0 Å². The summed E-state index contributed by atoms with van der Waals surface area (Å²) in [5, 5.41) is 10.0. The van der Waals surface area contributed by atoms with Crippen LogP contribution in [0.2, 0.25) is 0 Å². The van der Waals surface area contributed by atoms with E-state index >= 15 is 0 Å². The Morgan fingerprint density at radius 2 is 1.89 bits per heavy atom. The van der Waals surface area contributed by atoms with E-state index in [9.17, 15) is 13.9 Å². The lowest BCUT2D eigenvalue weighted by Gasteiger charge is -2.12. The van der Waals surface area contributed by atoms with Crippen molar-refractivity contribution in [3.8, 4) is 0 Å². The molecule has 2 rings (SSSR count). The SMILES string of the molecule is OC(Cc1ccc(F)cc1F)c1cccc(I)c1. The van der Waals surface area contributed by atoms with E-state index in [4.69, 9.17) is 0 Å². The summed E-state index contributed by atoms with van der Waals surface area (Å²) < 4.78 is 27.2. The minimum Gasteiger partial charge on any atom is -0.388 e. The first-order chi connectivity index (χ1) is 8.56. The second-order valence-corrected chi connectivity index (χ2v) is 5.26. The van der Waals surface area contributed by atoms with Gasteiger partial charge < -0.3 is 5.11 Å². The van der Waals surface area contributed by atoms with Crippen molar-refractivity contribution in [2.45, 2.75) is 12.5 Å². The molecule has 1 unspecified atom stereocenters. The van der Waals surface area contributed by atoms with Crippen LogP contribution in [0.1, 0.15) is 17.2 Å². The van der Waals surface area contributed by atoms with Crippen molar-refractivity contribution >= 4 is 22.6 Å². The average molecular weight is 360 g/mol. The molecule has 1 atom stereocenters. The van der Waals surface area contributed by atoms with Crippen molar-refractivity contribution in [3.63, 3.8) is 0 Å². The molecule has 0 saturated heterocycles. The number of hydrogen-bond acceptors (Lipinski definition) is 1. The lowest BCUT2D eigenvalue weighted by molar-refractivity contribution is 0.177. The fourth-order valence-electron chi connectivity index (χ4n) is 1.73. The van der Waals surface area contributed by atoms with Crippen LogP contribution in [-0.2, 0) is 6.42 Å². The van der Waals surface area contributed by atoms with E-state index in [0.29, 0.717) is 5.56 Å². The Bertz CT molecular complexity index is 557. The van der Waals surface area contributed by atoms with E-state index in [0.717, 1.165) is 15.2 Å². The fourth-order valence-corrected chi connectivity index (χ4v) is 2.29.